The topological polar surface area (TPSA) is 122 Å². The first-order valence-corrected chi connectivity index (χ1v) is 0. The summed E-state index contributed by atoms with van der Waals surface area (Å²) in [5.41, 5.74) is 0. The molecular weight excluding hydrogens is 179 g/mol. The van der Waals surface area contributed by atoms with Crippen molar-refractivity contribution in [2.24, 2.45) is 0 Å². The minimum absolute atomic E-state index is 0. The van der Waals surface area contributed by atoms with Crippen LogP contribution in [-0.4, -0.2) is 47.7 Å². The van der Waals surface area contributed by atoms with Crippen LogP contribution in [0.15, 0.2) is 0 Å². The zero-order valence-electron chi connectivity index (χ0n) is 2.42. The van der Waals surface area contributed by atoms with E-state index in [4.69, 9.17) is 0 Å². The average molecular weight is 184 g/mol. The molecule has 5 heavy (non-hydrogen) atoms. The van der Waals surface area contributed by atoms with Crippen LogP contribution in [0.1, 0.15) is 0 Å². The van der Waals surface area contributed by atoms with Crippen LogP contribution in [0.4, 0.5) is 0 Å². The van der Waals surface area contributed by atoms with E-state index in [0.717, 1.165) is 0 Å². The molecule has 0 radical (unpaired) electrons. The normalized spacial score (nSPS) is 0. The van der Waals surface area contributed by atoms with Gasteiger partial charge in [0.1, 0.15) is 0 Å². The molecule has 0 saturated carbocycles. The summed E-state index contributed by atoms with van der Waals surface area (Å²) in [7, 11) is 0. The Hall–Kier alpha value is 0.710. The van der Waals surface area contributed by atoms with E-state index in [1.807, 2.05) is 0 Å². The van der Waals surface area contributed by atoms with Crippen LogP contribution >= 0.6 is 0 Å². The van der Waals surface area contributed by atoms with Gasteiger partial charge in [0.05, 0.1) is 0 Å². The van der Waals surface area contributed by atoms with E-state index < -0.39 is 0 Å². The van der Waals surface area contributed by atoms with E-state index in [9.17, 15) is 0 Å². The summed E-state index contributed by atoms with van der Waals surface area (Å²) in [6.45, 7) is 0. The quantitative estimate of drug-likeness (QED) is 0.443. The second-order valence-corrected chi connectivity index (χ2v) is 0. The molecule has 0 aliphatic heterocycles. The van der Waals surface area contributed by atoms with Gasteiger partial charge in [-0.1, -0.05) is 0 Å². The molecule has 0 amide bonds. The molecule has 0 spiro atoms. The van der Waals surface area contributed by atoms with Gasteiger partial charge >= 0.3 is 25.8 Å². The average Bonchev–Trinajstić information content (AvgIpc) is 0. The third-order valence-electron chi connectivity index (χ3n) is 0. The SMILES string of the molecule is O.[In+3].[OH-].[OH-].[OH-]. The van der Waals surface area contributed by atoms with Crippen molar-refractivity contribution >= 4 is 25.8 Å². The van der Waals surface area contributed by atoms with Crippen molar-refractivity contribution in [3.05, 3.63) is 0 Å². The van der Waals surface area contributed by atoms with Gasteiger partial charge < -0.3 is 21.9 Å². The summed E-state index contributed by atoms with van der Waals surface area (Å²) in [5, 5.41) is 0. The summed E-state index contributed by atoms with van der Waals surface area (Å²) in [6, 6.07) is 0. The summed E-state index contributed by atoms with van der Waals surface area (Å²) in [6.07, 6.45) is 0. The molecule has 5 N–H and O–H groups in total. The van der Waals surface area contributed by atoms with E-state index >= 15 is 0 Å². The molecule has 4 nitrogen and oxygen atoms in total. The van der Waals surface area contributed by atoms with E-state index in [1.54, 1.807) is 0 Å². The van der Waals surface area contributed by atoms with Crippen LogP contribution < -0.4 is 0 Å². The molecule has 0 heterocycles. The molecule has 0 bridgehead atoms. The van der Waals surface area contributed by atoms with Gasteiger partial charge in [-0.2, -0.15) is 0 Å². The molecule has 0 saturated heterocycles. The smallest absolute Gasteiger partial charge is 0.870 e. The van der Waals surface area contributed by atoms with Gasteiger partial charge in [0, 0.05) is 0 Å². The minimum atomic E-state index is 0. The van der Waals surface area contributed by atoms with Gasteiger partial charge in [-0.15, -0.1) is 0 Å². The molecule has 0 aliphatic carbocycles. The van der Waals surface area contributed by atoms with Crippen molar-refractivity contribution in [3.63, 3.8) is 0 Å². The van der Waals surface area contributed by atoms with Crippen molar-refractivity contribution < 1.29 is 21.9 Å². The third kappa shape index (κ3) is 68.6. The van der Waals surface area contributed by atoms with Crippen LogP contribution in [0.25, 0.3) is 0 Å². The Bertz CT molecular complexity index is 3.61. The van der Waals surface area contributed by atoms with Crippen LogP contribution in [0, 0.1) is 0 Å². The van der Waals surface area contributed by atoms with E-state index in [1.165, 1.54) is 0 Å². The number of hydrogen-bond donors (Lipinski definition) is 0. The molecule has 32 valence electrons. The third-order valence-corrected chi connectivity index (χ3v) is 0. The Morgan fingerprint density at radius 1 is 0.600 bits per heavy atom. The van der Waals surface area contributed by atoms with Crippen molar-refractivity contribution in [2.45, 2.75) is 0 Å². The van der Waals surface area contributed by atoms with Gasteiger partial charge in [0.15, 0.2) is 0 Å². The second kappa shape index (κ2) is 129. The standard InChI is InChI=1S/In.4H2O/h;4*1H2/q+3;;;;/p-3. The molecule has 5 heteroatoms. The zero-order valence-corrected chi connectivity index (χ0v) is 5.71. The maximum atomic E-state index is 0. The summed E-state index contributed by atoms with van der Waals surface area (Å²) in [5.74, 6) is 0. The summed E-state index contributed by atoms with van der Waals surface area (Å²) in [4.78, 5) is 0. The Labute approximate surface area is 48.2 Å². The van der Waals surface area contributed by atoms with Crippen molar-refractivity contribution in [2.75, 3.05) is 0 Å². The summed E-state index contributed by atoms with van der Waals surface area (Å²) >= 11 is 0. The molecule has 0 fully saturated rings. The van der Waals surface area contributed by atoms with Crippen molar-refractivity contribution in [1.29, 1.82) is 0 Å². The van der Waals surface area contributed by atoms with Gasteiger partial charge in [-0.25, -0.2) is 0 Å². The van der Waals surface area contributed by atoms with Gasteiger partial charge in [-0.3, -0.25) is 0 Å². The second-order valence-electron chi connectivity index (χ2n) is 0. The Morgan fingerprint density at radius 3 is 0.600 bits per heavy atom. The van der Waals surface area contributed by atoms with E-state index in [0.29, 0.717) is 0 Å². The molecular formula is H5InO4. The minimum Gasteiger partial charge on any atom is -0.870 e. The van der Waals surface area contributed by atoms with Crippen LogP contribution in [-0.2, 0) is 0 Å². The number of hydrogen-bond acceptors (Lipinski definition) is 3. The molecule has 0 atom stereocenters. The monoisotopic (exact) mass is 184 g/mol. The first-order chi connectivity index (χ1) is 0. The molecule has 0 aromatic heterocycles. The predicted octanol–water partition coefficient (Wildman–Crippen LogP) is -1.74. The molecule has 0 unspecified atom stereocenters. The molecule has 0 rings (SSSR count). The molecule has 0 aromatic carbocycles. The Balaban J connectivity index is 0. The zero-order chi connectivity index (χ0) is 0. The largest absolute Gasteiger partial charge is 3.00 e. The van der Waals surface area contributed by atoms with Gasteiger partial charge in [0.25, 0.3) is 0 Å². The Kier molecular flexibility index (Phi) is 6460. The van der Waals surface area contributed by atoms with Crippen LogP contribution in [0.3, 0.4) is 0 Å². The van der Waals surface area contributed by atoms with Gasteiger partial charge in [0.2, 0.25) is 0 Å². The first kappa shape index (κ1) is 251. The maximum absolute atomic E-state index is 0. The van der Waals surface area contributed by atoms with Crippen LogP contribution in [0.5, 0.6) is 0 Å². The predicted molar refractivity (Wildman–Crippen MR) is 15.2 cm³/mol. The molecule has 0 aliphatic rings. The van der Waals surface area contributed by atoms with Gasteiger partial charge in [-0.05, 0) is 0 Å². The van der Waals surface area contributed by atoms with Crippen molar-refractivity contribution in [3.8, 4) is 0 Å². The van der Waals surface area contributed by atoms with E-state index in [-0.39, 0.29) is 47.7 Å². The van der Waals surface area contributed by atoms with E-state index in [2.05, 4.69) is 0 Å². The van der Waals surface area contributed by atoms with Crippen molar-refractivity contribution in [1.82, 2.24) is 0 Å². The molecule has 0 aromatic rings. The fraction of sp³-hybridized carbons (Fsp3) is 0. The fourth-order valence-corrected chi connectivity index (χ4v) is 0. The first-order valence-electron chi connectivity index (χ1n) is 0. The fourth-order valence-electron chi connectivity index (χ4n) is 0. The van der Waals surface area contributed by atoms with Crippen LogP contribution in [0.2, 0.25) is 0 Å². The summed E-state index contributed by atoms with van der Waals surface area (Å²) < 4.78 is 0. The number of rotatable bonds is 0. The Morgan fingerprint density at radius 2 is 0.600 bits per heavy atom. The maximum Gasteiger partial charge on any atom is 3.00 e.